The molecule has 0 radical (unpaired) electrons. The number of nitrogens with two attached hydrogens (primary N) is 2. The first-order chi connectivity index (χ1) is 17.2. The zero-order valence-corrected chi connectivity index (χ0v) is 20.3. The predicted molar refractivity (Wildman–Crippen MR) is 139 cm³/mol. The topological polar surface area (TPSA) is 153 Å². The van der Waals surface area contributed by atoms with Gasteiger partial charge in [0.05, 0.1) is 6.04 Å². The molecule has 0 bridgehead atoms. The van der Waals surface area contributed by atoms with Gasteiger partial charge in [0.15, 0.2) is 5.96 Å². The molecule has 0 spiro atoms. The van der Waals surface area contributed by atoms with Gasteiger partial charge < -0.3 is 26.5 Å². The molecule has 0 fully saturated rings. The number of aliphatic imine (C=N–C) groups is 1. The molecule has 1 aromatic heterocycles. The van der Waals surface area contributed by atoms with Crippen LogP contribution in [0.1, 0.15) is 51.5 Å². The average molecular weight is 490 g/mol. The van der Waals surface area contributed by atoms with Crippen LogP contribution >= 0.6 is 0 Å². The van der Waals surface area contributed by atoms with Gasteiger partial charge in [0.1, 0.15) is 11.6 Å². The number of rotatable bonds is 10. The summed E-state index contributed by atoms with van der Waals surface area (Å²) in [5.41, 5.74) is 13.8. The SMILES string of the molecule is Cc1ccccc1C(c1ccccc1C)n1cccc(C(=O)N[C@@H](CCCN=C(N)N)C(=O)O)c1=O. The van der Waals surface area contributed by atoms with Gasteiger partial charge >= 0.3 is 5.97 Å². The second-order valence-electron chi connectivity index (χ2n) is 8.56. The highest BCUT2D eigenvalue weighted by Gasteiger charge is 2.25. The maximum atomic E-state index is 13.6. The van der Waals surface area contributed by atoms with Crippen molar-refractivity contribution in [2.24, 2.45) is 16.5 Å². The lowest BCUT2D eigenvalue weighted by atomic mass is 9.91. The summed E-state index contributed by atoms with van der Waals surface area (Å²) in [6, 6.07) is 16.9. The predicted octanol–water partition coefficient (Wildman–Crippen LogP) is 2.34. The van der Waals surface area contributed by atoms with Crippen LogP contribution < -0.4 is 22.3 Å². The van der Waals surface area contributed by atoms with Crippen LogP contribution in [0.3, 0.4) is 0 Å². The van der Waals surface area contributed by atoms with Gasteiger partial charge in [0.2, 0.25) is 0 Å². The zero-order chi connectivity index (χ0) is 26.2. The lowest BCUT2D eigenvalue weighted by Gasteiger charge is -2.25. The van der Waals surface area contributed by atoms with E-state index in [1.54, 1.807) is 12.3 Å². The number of carbonyl (C=O) groups excluding carboxylic acids is 1. The fraction of sp³-hybridized carbons (Fsp3) is 0.259. The van der Waals surface area contributed by atoms with Crippen molar-refractivity contribution in [3.05, 3.63) is 105 Å². The van der Waals surface area contributed by atoms with Gasteiger partial charge in [-0.25, -0.2) is 4.79 Å². The Morgan fingerprint density at radius 3 is 2.08 bits per heavy atom. The Morgan fingerprint density at radius 1 is 0.972 bits per heavy atom. The van der Waals surface area contributed by atoms with Crippen molar-refractivity contribution in [2.75, 3.05) is 6.54 Å². The van der Waals surface area contributed by atoms with Crippen molar-refractivity contribution in [1.82, 2.24) is 9.88 Å². The molecule has 36 heavy (non-hydrogen) atoms. The van der Waals surface area contributed by atoms with Crippen LogP contribution in [0.25, 0.3) is 0 Å². The number of nitrogens with one attached hydrogen (secondary N) is 1. The van der Waals surface area contributed by atoms with E-state index in [9.17, 15) is 19.5 Å². The number of carbonyl (C=O) groups is 2. The highest BCUT2D eigenvalue weighted by molar-refractivity contribution is 5.96. The van der Waals surface area contributed by atoms with Crippen LogP contribution in [0, 0.1) is 13.8 Å². The lowest BCUT2D eigenvalue weighted by Crippen LogP contribution is -2.43. The van der Waals surface area contributed by atoms with Crippen LogP contribution in [0.15, 0.2) is 76.6 Å². The average Bonchev–Trinajstić information content (AvgIpc) is 2.84. The number of nitrogens with zero attached hydrogens (tertiary/aromatic N) is 2. The molecule has 1 heterocycles. The molecule has 9 heteroatoms. The van der Waals surface area contributed by atoms with Crippen molar-refractivity contribution in [1.29, 1.82) is 0 Å². The minimum Gasteiger partial charge on any atom is -0.480 e. The van der Waals surface area contributed by atoms with E-state index in [0.717, 1.165) is 22.3 Å². The van der Waals surface area contributed by atoms with E-state index < -0.39 is 29.5 Å². The molecule has 0 aliphatic rings. The van der Waals surface area contributed by atoms with Gasteiger partial charge in [0, 0.05) is 12.7 Å². The highest BCUT2D eigenvalue weighted by atomic mass is 16.4. The maximum absolute atomic E-state index is 13.6. The minimum absolute atomic E-state index is 0.0902. The molecule has 1 atom stereocenters. The van der Waals surface area contributed by atoms with E-state index in [2.05, 4.69) is 10.3 Å². The first-order valence-corrected chi connectivity index (χ1v) is 11.6. The summed E-state index contributed by atoms with van der Waals surface area (Å²) in [7, 11) is 0. The molecule has 0 saturated heterocycles. The lowest BCUT2D eigenvalue weighted by molar-refractivity contribution is -0.139. The molecule has 2 aromatic carbocycles. The molecule has 6 N–H and O–H groups in total. The quantitative estimate of drug-likeness (QED) is 0.195. The maximum Gasteiger partial charge on any atom is 0.326 e. The van der Waals surface area contributed by atoms with Crippen LogP contribution in [0.2, 0.25) is 0 Å². The summed E-state index contributed by atoms with van der Waals surface area (Å²) in [4.78, 5) is 42.2. The molecular weight excluding hydrogens is 458 g/mol. The number of guanidine groups is 1. The molecule has 3 rings (SSSR count). The van der Waals surface area contributed by atoms with Gasteiger partial charge in [-0.05, 0) is 61.1 Å². The number of pyridine rings is 1. The monoisotopic (exact) mass is 489 g/mol. The van der Waals surface area contributed by atoms with Crippen LogP contribution in [-0.2, 0) is 4.79 Å². The number of hydrogen-bond acceptors (Lipinski definition) is 4. The van der Waals surface area contributed by atoms with Crippen LogP contribution in [0.5, 0.6) is 0 Å². The summed E-state index contributed by atoms with van der Waals surface area (Å²) in [5.74, 6) is -2.05. The highest BCUT2D eigenvalue weighted by Crippen LogP contribution is 2.30. The first-order valence-electron chi connectivity index (χ1n) is 11.6. The van der Waals surface area contributed by atoms with E-state index in [1.165, 1.54) is 10.6 Å². The number of hydrogen-bond donors (Lipinski definition) is 4. The second kappa shape index (κ2) is 11.8. The fourth-order valence-corrected chi connectivity index (χ4v) is 4.14. The van der Waals surface area contributed by atoms with E-state index in [1.807, 2.05) is 62.4 Å². The first kappa shape index (κ1) is 26.2. The molecule has 9 nitrogen and oxygen atoms in total. The Kier molecular flexibility index (Phi) is 8.61. The molecule has 0 aliphatic carbocycles. The van der Waals surface area contributed by atoms with Crippen LogP contribution in [-0.4, -0.2) is 40.1 Å². The summed E-state index contributed by atoms with van der Waals surface area (Å²) in [5, 5.41) is 12.0. The Morgan fingerprint density at radius 2 is 1.56 bits per heavy atom. The molecule has 0 unspecified atom stereocenters. The number of aromatic nitrogens is 1. The van der Waals surface area contributed by atoms with Crippen molar-refractivity contribution in [2.45, 2.75) is 38.8 Å². The van der Waals surface area contributed by atoms with Crippen molar-refractivity contribution in [3.8, 4) is 0 Å². The summed E-state index contributed by atoms with van der Waals surface area (Å²) >= 11 is 0. The van der Waals surface area contributed by atoms with Gasteiger partial charge in [-0.2, -0.15) is 0 Å². The standard InChI is InChI=1S/C27H31N5O4/c1-17-9-3-5-11-19(17)23(20-12-6-4-10-18(20)2)32-16-8-13-21(25(32)34)24(33)31-22(26(35)36)14-7-15-30-27(28)29/h3-6,8-13,16,22-23H,7,14-15H2,1-2H3,(H,31,33)(H,35,36)(H4,28,29,30)/t22-/m0/s1. The number of carboxylic acids is 1. The van der Waals surface area contributed by atoms with E-state index >= 15 is 0 Å². The third-order valence-corrected chi connectivity index (χ3v) is 6.01. The molecule has 188 valence electrons. The second-order valence-corrected chi connectivity index (χ2v) is 8.56. The molecule has 0 saturated carbocycles. The number of amides is 1. The van der Waals surface area contributed by atoms with Gasteiger partial charge in [0.25, 0.3) is 11.5 Å². The molecule has 0 aliphatic heterocycles. The molecule has 1 amide bonds. The summed E-state index contributed by atoms with van der Waals surface area (Å²) in [6.45, 7) is 4.18. The fourth-order valence-electron chi connectivity index (χ4n) is 4.14. The Labute approximate surface area is 209 Å². The van der Waals surface area contributed by atoms with Crippen LogP contribution in [0.4, 0.5) is 0 Å². The number of benzene rings is 2. The Bertz CT molecular complexity index is 1280. The molecular formula is C27H31N5O4. The number of aryl methyl sites for hydroxylation is 2. The summed E-state index contributed by atoms with van der Waals surface area (Å²) in [6.07, 6.45) is 2.09. The van der Waals surface area contributed by atoms with Crippen molar-refractivity contribution >= 4 is 17.8 Å². The van der Waals surface area contributed by atoms with Crippen molar-refractivity contribution in [3.63, 3.8) is 0 Å². The third kappa shape index (κ3) is 6.18. The Hall–Kier alpha value is -4.40. The molecule has 3 aromatic rings. The van der Waals surface area contributed by atoms with Crippen molar-refractivity contribution < 1.29 is 14.7 Å². The zero-order valence-electron chi connectivity index (χ0n) is 20.3. The number of carboxylic acid groups (broad SMARTS) is 1. The number of aliphatic carboxylic acids is 1. The van der Waals surface area contributed by atoms with E-state index in [4.69, 9.17) is 11.5 Å². The van der Waals surface area contributed by atoms with E-state index in [-0.39, 0.29) is 24.5 Å². The smallest absolute Gasteiger partial charge is 0.326 e. The third-order valence-electron chi connectivity index (χ3n) is 6.01. The summed E-state index contributed by atoms with van der Waals surface area (Å²) < 4.78 is 1.52. The Balaban J connectivity index is 1.98. The van der Waals surface area contributed by atoms with Gasteiger partial charge in [-0.15, -0.1) is 0 Å². The minimum atomic E-state index is -1.21. The van der Waals surface area contributed by atoms with Gasteiger partial charge in [-0.3, -0.25) is 14.6 Å². The van der Waals surface area contributed by atoms with Gasteiger partial charge in [-0.1, -0.05) is 48.5 Å². The van der Waals surface area contributed by atoms with E-state index in [0.29, 0.717) is 6.42 Å². The largest absolute Gasteiger partial charge is 0.480 e. The normalized spacial score (nSPS) is 11.6.